The molecule has 0 bridgehead atoms. The van der Waals surface area contributed by atoms with Crippen molar-refractivity contribution in [3.05, 3.63) is 33.9 Å². The molecule has 1 amide bonds. The summed E-state index contributed by atoms with van der Waals surface area (Å²) in [5.74, 6) is 0.365. The van der Waals surface area contributed by atoms with E-state index in [1.54, 1.807) is 10.7 Å². The summed E-state index contributed by atoms with van der Waals surface area (Å²) in [5.41, 5.74) is 1.76. The highest BCUT2D eigenvalue weighted by Gasteiger charge is 2.34. The zero-order valence-corrected chi connectivity index (χ0v) is 18.8. The van der Waals surface area contributed by atoms with Crippen LogP contribution in [0.15, 0.2) is 17.1 Å². The monoisotopic (exact) mass is 454 g/mol. The molecular weight excluding hydrogens is 428 g/mol. The lowest BCUT2D eigenvalue weighted by Gasteiger charge is -2.37. The lowest BCUT2D eigenvalue weighted by Crippen LogP contribution is -2.50. The van der Waals surface area contributed by atoms with Crippen LogP contribution < -0.4 is 10.3 Å². The number of fused-ring (bicyclic) bond motifs is 1. The largest absolute Gasteiger partial charge is 0.477 e. The lowest BCUT2D eigenvalue weighted by molar-refractivity contribution is 0.0804. The Kier molecular flexibility index (Phi) is 6.12. The van der Waals surface area contributed by atoms with E-state index in [2.05, 4.69) is 20.1 Å². The standard InChI is InChI=1S/C22H26N6O5/c1-4-6-7-33-21-15(8-13(9-23-21)12(3)29)19-24-17-16(5-2)28(26-18(17)20(30)25-19)14-10-27(11-14)22(31)32/h8-9,14H,4-7,10-11H2,1-3H3,(H,31,32)(H,24,25,30). The van der Waals surface area contributed by atoms with Gasteiger partial charge in [0, 0.05) is 24.8 Å². The maximum absolute atomic E-state index is 12.9. The number of aryl methyl sites for hydroxylation is 1. The van der Waals surface area contributed by atoms with Gasteiger partial charge in [-0.2, -0.15) is 5.10 Å². The van der Waals surface area contributed by atoms with Crippen molar-refractivity contribution in [2.24, 2.45) is 0 Å². The number of amides is 1. The number of nitrogens with one attached hydrogen (secondary N) is 1. The van der Waals surface area contributed by atoms with E-state index in [0.717, 1.165) is 18.5 Å². The third-order valence-electron chi connectivity index (χ3n) is 5.72. The van der Waals surface area contributed by atoms with Crippen LogP contribution in [0.4, 0.5) is 4.79 Å². The quantitative estimate of drug-likeness (QED) is 0.391. The van der Waals surface area contributed by atoms with Crippen LogP contribution in [0, 0.1) is 0 Å². The number of hydrogen-bond acceptors (Lipinski definition) is 7. The summed E-state index contributed by atoms with van der Waals surface area (Å²) in [6, 6.07) is 1.47. The molecule has 33 heavy (non-hydrogen) atoms. The molecule has 3 aromatic rings. The average Bonchev–Trinajstić information content (AvgIpc) is 3.11. The third kappa shape index (κ3) is 4.18. The zero-order chi connectivity index (χ0) is 23.7. The molecule has 4 heterocycles. The number of aromatic amines is 1. The molecule has 174 valence electrons. The van der Waals surface area contributed by atoms with Gasteiger partial charge in [-0.25, -0.2) is 14.8 Å². The molecule has 1 aliphatic rings. The second-order valence-electron chi connectivity index (χ2n) is 8.03. The fourth-order valence-corrected chi connectivity index (χ4v) is 3.81. The van der Waals surface area contributed by atoms with Crippen LogP contribution in [-0.4, -0.2) is 66.3 Å². The summed E-state index contributed by atoms with van der Waals surface area (Å²) < 4.78 is 7.52. The normalized spacial score (nSPS) is 13.8. The van der Waals surface area contributed by atoms with Crippen molar-refractivity contribution in [1.29, 1.82) is 0 Å². The number of hydrogen-bond donors (Lipinski definition) is 2. The number of ketones is 1. The van der Waals surface area contributed by atoms with E-state index < -0.39 is 11.7 Å². The molecule has 2 N–H and O–H groups in total. The smallest absolute Gasteiger partial charge is 0.407 e. The second kappa shape index (κ2) is 9.00. The maximum atomic E-state index is 12.9. The summed E-state index contributed by atoms with van der Waals surface area (Å²) in [7, 11) is 0. The first-order valence-corrected chi connectivity index (χ1v) is 11.0. The van der Waals surface area contributed by atoms with Crippen molar-refractivity contribution in [1.82, 2.24) is 29.6 Å². The Hall–Kier alpha value is -3.76. The van der Waals surface area contributed by atoms with E-state index >= 15 is 0 Å². The fourth-order valence-electron chi connectivity index (χ4n) is 3.81. The van der Waals surface area contributed by atoms with Crippen molar-refractivity contribution in [3.63, 3.8) is 0 Å². The van der Waals surface area contributed by atoms with E-state index in [4.69, 9.17) is 9.84 Å². The van der Waals surface area contributed by atoms with Crippen molar-refractivity contribution in [3.8, 4) is 17.3 Å². The minimum atomic E-state index is -0.979. The molecule has 3 aromatic heterocycles. The molecule has 0 aliphatic carbocycles. The molecule has 0 saturated carbocycles. The molecule has 0 aromatic carbocycles. The van der Waals surface area contributed by atoms with E-state index in [1.165, 1.54) is 18.0 Å². The number of pyridine rings is 1. The minimum Gasteiger partial charge on any atom is -0.477 e. The SMILES string of the molecule is CCCCOc1ncc(C(C)=O)cc1-c1nc2c(CC)n(C3CN(C(=O)O)C3)nc2c(=O)[nH]1. The molecule has 11 nitrogen and oxygen atoms in total. The summed E-state index contributed by atoms with van der Waals surface area (Å²) >= 11 is 0. The van der Waals surface area contributed by atoms with E-state index in [1.807, 2.05) is 13.8 Å². The number of carbonyl (C=O) groups is 2. The fraction of sp³-hybridized carbons (Fsp3) is 0.455. The highest BCUT2D eigenvalue weighted by atomic mass is 16.5. The molecule has 1 aliphatic heterocycles. The van der Waals surface area contributed by atoms with Crippen molar-refractivity contribution < 1.29 is 19.4 Å². The van der Waals surface area contributed by atoms with Gasteiger partial charge >= 0.3 is 6.09 Å². The number of aromatic nitrogens is 5. The maximum Gasteiger partial charge on any atom is 0.407 e. The van der Waals surface area contributed by atoms with Gasteiger partial charge in [0.1, 0.15) is 11.3 Å². The summed E-state index contributed by atoms with van der Waals surface area (Å²) in [6.07, 6.45) is 2.81. The molecular formula is C22H26N6O5. The topological polar surface area (TPSA) is 143 Å². The van der Waals surface area contributed by atoms with E-state index in [9.17, 15) is 14.4 Å². The number of ether oxygens (including phenoxy) is 1. The van der Waals surface area contributed by atoms with Crippen LogP contribution in [-0.2, 0) is 6.42 Å². The molecule has 11 heteroatoms. The number of likely N-dealkylation sites (tertiary alicyclic amines) is 1. The highest BCUT2D eigenvalue weighted by Crippen LogP contribution is 2.30. The van der Waals surface area contributed by atoms with Crippen molar-refractivity contribution in [2.75, 3.05) is 19.7 Å². The van der Waals surface area contributed by atoms with Crippen molar-refractivity contribution >= 4 is 22.9 Å². The first kappa shape index (κ1) is 22.4. The summed E-state index contributed by atoms with van der Waals surface area (Å²) in [6.45, 7) is 6.48. The van der Waals surface area contributed by atoms with Crippen LogP contribution in [0.5, 0.6) is 5.88 Å². The minimum absolute atomic E-state index is 0.149. The highest BCUT2D eigenvalue weighted by molar-refractivity contribution is 5.95. The molecule has 1 saturated heterocycles. The first-order valence-electron chi connectivity index (χ1n) is 11.0. The third-order valence-corrected chi connectivity index (χ3v) is 5.72. The zero-order valence-electron chi connectivity index (χ0n) is 18.8. The van der Waals surface area contributed by atoms with Crippen LogP contribution in [0.2, 0.25) is 0 Å². The Morgan fingerprint density at radius 2 is 2.03 bits per heavy atom. The van der Waals surface area contributed by atoms with Crippen LogP contribution in [0.1, 0.15) is 55.7 Å². The Morgan fingerprint density at radius 1 is 1.27 bits per heavy atom. The van der Waals surface area contributed by atoms with Gasteiger partial charge in [0.2, 0.25) is 5.88 Å². The number of rotatable bonds is 8. The molecule has 1 fully saturated rings. The van der Waals surface area contributed by atoms with E-state index in [0.29, 0.717) is 42.8 Å². The summed E-state index contributed by atoms with van der Waals surface area (Å²) in [4.78, 5) is 49.0. The van der Waals surface area contributed by atoms with Gasteiger partial charge in [-0.3, -0.25) is 14.3 Å². The van der Waals surface area contributed by atoms with Gasteiger partial charge in [-0.15, -0.1) is 0 Å². The van der Waals surface area contributed by atoms with Crippen LogP contribution in [0.25, 0.3) is 22.4 Å². The van der Waals surface area contributed by atoms with Gasteiger partial charge in [0.15, 0.2) is 11.3 Å². The Labute approximate surface area is 189 Å². The predicted molar refractivity (Wildman–Crippen MR) is 120 cm³/mol. The average molecular weight is 454 g/mol. The second-order valence-corrected chi connectivity index (χ2v) is 8.03. The molecule has 0 radical (unpaired) electrons. The molecule has 0 spiro atoms. The first-order chi connectivity index (χ1) is 15.8. The van der Waals surface area contributed by atoms with Gasteiger partial charge in [-0.05, 0) is 25.8 Å². The number of H-pyrrole nitrogens is 1. The molecule has 0 atom stereocenters. The number of Topliss-reactive ketones (excluding diaryl/α,β-unsaturated/α-hetero) is 1. The summed E-state index contributed by atoms with van der Waals surface area (Å²) in [5, 5.41) is 13.6. The molecule has 4 rings (SSSR count). The van der Waals surface area contributed by atoms with Crippen molar-refractivity contribution in [2.45, 2.75) is 46.1 Å². The van der Waals surface area contributed by atoms with Gasteiger partial charge in [0.05, 0.1) is 23.9 Å². The lowest BCUT2D eigenvalue weighted by atomic mass is 10.1. The molecule has 0 unspecified atom stereocenters. The Balaban J connectivity index is 1.80. The Morgan fingerprint density at radius 3 is 2.67 bits per heavy atom. The number of carbonyl (C=O) groups excluding carboxylic acids is 1. The van der Waals surface area contributed by atoms with Crippen LogP contribution >= 0.6 is 0 Å². The van der Waals surface area contributed by atoms with Gasteiger partial charge in [-0.1, -0.05) is 20.3 Å². The van der Waals surface area contributed by atoms with Crippen LogP contribution in [0.3, 0.4) is 0 Å². The number of unbranched alkanes of at least 4 members (excludes halogenated alkanes) is 1. The Bertz CT molecular complexity index is 1270. The predicted octanol–water partition coefficient (Wildman–Crippen LogP) is 2.66. The van der Waals surface area contributed by atoms with E-state index in [-0.39, 0.29) is 29.0 Å². The van der Waals surface area contributed by atoms with Gasteiger partial charge < -0.3 is 19.7 Å². The number of carboxylic acid groups (broad SMARTS) is 1. The van der Waals surface area contributed by atoms with Gasteiger partial charge in [0.25, 0.3) is 5.56 Å². The number of nitrogens with zero attached hydrogens (tertiary/aromatic N) is 5.